The van der Waals surface area contributed by atoms with Crippen LogP contribution in [-0.2, 0) is 0 Å². The lowest BCUT2D eigenvalue weighted by atomic mass is 9.93. The van der Waals surface area contributed by atoms with E-state index in [1.54, 1.807) is 10.4 Å². The van der Waals surface area contributed by atoms with Gasteiger partial charge in [0.25, 0.3) is 0 Å². The van der Waals surface area contributed by atoms with Crippen LogP contribution < -0.4 is 42.2 Å². The minimum atomic E-state index is -2.29. The van der Waals surface area contributed by atoms with E-state index in [-0.39, 0.29) is 0 Å². The molecule has 0 radical (unpaired) electrons. The van der Waals surface area contributed by atoms with Crippen LogP contribution in [0, 0.1) is 55.4 Å². The van der Waals surface area contributed by atoms with E-state index < -0.39 is 32.0 Å². The average molecular weight is 1050 g/mol. The molecule has 8 aromatic carbocycles. The lowest BCUT2D eigenvalue weighted by Gasteiger charge is -2.46. The first-order valence-corrected chi connectivity index (χ1v) is 35.1. The van der Waals surface area contributed by atoms with Crippen molar-refractivity contribution in [3.63, 3.8) is 0 Å². The Kier molecular flexibility index (Phi) is 16.5. The van der Waals surface area contributed by atoms with Crippen LogP contribution in [0.3, 0.4) is 0 Å². The molecule has 0 spiro atoms. The van der Waals surface area contributed by atoms with E-state index in [2.05, 4.69) is 272 Å². The summed E-state index contributed by atoms with van der Waals surface area (Å²) in [5, 5.41) is 17.8. The first kappa shape index (κ1) is 55.8. The molecule has 0 bridgehead atoms. The summed E-state index contributed by atoms with van der Waals surface area (Å²) in [4.78, 5) is 0. The van der Waals surface area contributed by atoms with Gasteiger partial charge in [-0.05, 0) is 169 Å². The minimum absolute atomic E-state index is 0.539. The second-order valence-corrected chi connectivity index (χ2v) is 40.7. The SMILES string of the molecule is Cc1cc(C)cc(P(c2cc(C)cc(C)c2)c2cc([Si](C(C)C)(C(C)C)C(C)C)c3ccccc3c2-c2c(P(c3cc(C)cc(C)c3)c3cc(C)cc(C)c3)cc([Si](C(C)C)(C(C)C)C(C)C)c3ccccc23)c1. The number of benzene rings is 8. The van der Waals surface area contributed by atoms with Crippen molar-refractivity contribution in [2.45, 2.75) is 172 Å². The molecule has 0 aliphatic rings. The van der Waals surface area contributed by atoms with Gasteiger partial charge in [0.15, 0.2) is 0 Å². The van der Waals surface area contributed by atoms with E-state index in [0.29, 0.717) is 33.2 Å². The molecule has 8 aromatic rings. The Bertz CT molecular complexity index is 2920. The molecule has 0 amide bonds. The fraction of sp³-hybridized carbons (Fsp3) is 0.371. The quantitative estimate of drug-likeness (QED) is 0.0709. The molecular weight excluding hydrogens is 959 g/mol. The maximum absolute atomic E-state index is 2.88. The zero-order valence-electron chi connectivity index (χ0n) is 49.1. The smallest absolute Gasteiger partial charge is 0.0648 e. The largest absolute Gasteiger partial charge is 0.0950 e. The van der Waals surface area contributed by atoms with Gasteiger partial charge >= 0.3 is 0 Å². The summed E-state index contributed by atoms with van der Waals surface area (Å²) in [6.07, 6.45) is 0. The van der Waals surface area contributed by atoms with Gasteiger partial charge in [-0.15, -0.1) is 0 Å². The predicted octanol–water partition coefficient (Wildman–Crippen LogP) is 17.4. The van der Waals surface area contributed by atoms with Crippen LogP contribution in [0.5, 0.6) is 0 Å². The van der Waals surface area contributed by atoms with Crippen molar-refractivity contribution in [3.8, 4) is 11.1 Å². The lowest BCUT2D eigenvalue weighted by molar-refractivity contribution is 0.836. The maximum Gasteiger partial charge on any atom is 0.0950 e. The van der Waals surface area contributed by atoms with Crippen LogP contribution in [0.2, 0.25) is 33.2 Å². The van der Waals surface area contributed by atoms with Crippen LogP contribution in [0.15, 0.2) is 133 Å². The molecule has 0 saturated carbocycles. The first-order valence-electron chi connectivity index (χ1n) is 28.0. The zero-order valence-corrected chi connectivity index (χ0v) is 52.8. The van der Waals surface area contributed by atoms with Crippen molar-refractivity contribution < 1.29 is 0 Å². The molecule has 0 aliphatic heterocycles. The normalized spacial score (nSPS) is 12.8. The van der Waals surface area contributed by atoms with Gasteiger partial charge in [-0.1, -0.05) is 271 Å². The topological polar surface area (TPSA) is 0 Å². The Hall–Kier alpha value is -4.43. The molecule has 0 aliphatic carbocycles. The molecule has 0 saturated heterocycles. The van der Waals surface area contributed by atoms with Gasteiger partial charge in [0.1, 0.15) is 0 Å². The summed E-state index contributed by atoms with van der Waals surface area (Å²) in [6, 6.07) is 55.2. The molecule has 74 heavy (non-hydrogen) atoms. The zero-order chi connectivity index (χ0) is 53.9. The molecule has 0 heterocycles. The number of rotatable bonds is 15. The van der Waals surface area contributed by atoms with Crippen molar-refractivity contribution >= 4 is 95.7 Å². The molecule has 0 N–H and O–H groups in total. The highest BCUT2D eigenvalue weighted by atomic mass is 31.1. The van der Waals surface area contributed by atoms with Gasteiger partial charge in [-0.3, -0.25) is 0 Å². The van der Waals surface area contributed by atoms with E-state index >= 15 is 0 Å². The third-order valence-corrected chi connectivity index (χ3v) is 36.2. The monoisotopic (exact) mass is 1050 g/mol. The summed E-state index contributed by atoms with van der Waals surface area (Å²) in [5.41, 5.74) is 16.8. The fourth-order valence-corrected chi connectivity index (χ4v) is 35.3. The summed E-state index contributed by atoms with van der Waals surface area (Å²) in [6.45, 7) is 49.2. The molecule has 4 heteroatoms. The van der Waals surface area contributed by atoms with Crippen LogP contribution in [0.25, 0.3) is 32.7 Å². The Labute approximate surface area is 453 Å². The van der Waals surface area contributed by atoms with E-state index in [4.69, 9.17) is 0 Å². The maximum atomic E-state index is 2.88. The van der Waals surface area contributed by atoms with E-state index in [0.717, 1.165) is 0 Å². The Morgan fingerprint density at radius 2 is 0.473 bits per heavy atom. The van der Waals surface area contributed by atoms with Crippen LogP contribution in [0.1, 0.15) is 128 Å². The number of hydrogen-bond acceptors (Lipinski definition) is 0. The van der Waals surface area contributed by atoms with E-state index in [9.17, 15) is 0 Å². The Balaban J connectivity index is 1.76. The number of fused-ring (bicyclic) bond motifs is 2. The van der Waals surface area contributed by atoms with Gasteiger partial charge in [-0.2, -0.15) is 0 Å². The lowest BCUT2D eigenvalue weighted by Crippen LogP contribution is -2.57. The molecular formula is C70H88P2Si2. The van der Waals surface area contributed by atoms with E-state index in [1.807, 2.05) is 0 Å². The fourth-order valence-electron chi connectivity index (χ4n) is 15.4. The van der Waals surface area contributed by atoms with E-state index in [1.165, 1.54) is 109 Å². The summed E-state index contributed by atoms with van der Waals surface area (Å²) < 4.78 is 0. The molecule has 8 rings (SSSR count). The number of aryl methyl sites for hydroxylation is 8. The second-order valence-electron chi connectivity index (χ2n) is 24.6. The van der Waals surface area contributed by atoms with Crippen molar-refractivity contribution in [2.24, 2.45) is 0 Å². The summed E-state index contributed by atoms with van der Waals surface area (Å²) >= 11 is 0. The molecule has 0 unspecified atom stereocenters. The van der Waals surface area contributed by atoms with Crippen LogP contribution in [-0.4, -0.2) is 16.1 Å². The van der Waals surface area contributed by atoms with Crippen molar-refractivity contribution in [1.82, 2.24) is 0 Å². The highest BCUT2D eigenvalue weighted by Crippen LogP contribution is 2.50. The van der Waals surface area contributed by atoms with Crippen LogP contribution in [0.4, 0.5) is 0 Å². The molecule has 0 atom stereocenters. The van der Waals surface area contributed by atoms with Gasteiger partial charge in [0.2, 0.25) is 0 Å². The van der Waals surface area contributed by atoms with Gasteiger partial charge in [-0.25, -0.2) is 0 Å². The molecule has 0 aromatic heterocycles. The number of hydrogen-bond donors (Lipinski definition) is 0. The van der Waals surface area contributed by atoms with Gasteiger partial charge in [0, 0.05) is 0 Å². The first-order chi connectivity index (χ1) is 34.9. The van der Waals surface area contributed by atoms with Gasteiger partial charge in [0.05, 0.1) is 16.1 Å². The molecule has 0 fully saturated rings. The average Bonchev–Trinajstić information content (AvgIpc) is 3.28. The minimum Gasteiger partial charge on any atom is -0.0648 e. The molecule has 386 valence electrons. The third kappa shape index (κ3) is 9.94. The standard InChI is InChI=1S/C70H88P2Si2/c1-43(2)73(44(3)4,45(5)6)67-41-65(71(57-33-49(13)29-50(14)34-57)58-35-51(15)30-52(16)36-58)69(63-27-23-21-25-61(63)67)70-64-28-24-22-26-62(64)68(74(46(7)8,47(9)10)48(11)12)42-66(70)72(59-37-53(17)31-54(18)38-59)60-39-55(19)32-56(20)40-60/h21-48H,1-20H3. The summed E-state index contributed by atoms with van der Waals surface area (Å²) in [7, 11) is -6.75. The second kappa shape index (κ2) is 21.9. The van der Waals surface area contributed by atoms with Crippen molar-refractivity contribution in [2.75, 3.05) is 0 Å². The highest BCUT2D eigenvalue weighted by molar-refractivity contribution is 7.81. The Morgan fingerprint density at radius 1 is 0.270 bits per heavy atom. The van der Waals surface area contributed by atoms with Crippen molar-refractivity contribution in [1.29, 1.82) is 0 Å². The summed E-state index contributed by atoms with van der Waals surface area (Å²) in [5.74, 6) is 0. The van der Waals surface area contributed by atoms with Gasteiger partial charge < -0.3 is 0 Å². The highest BCUT2D eigenvalue weighted by Gasteiger charge is 2.48. The third-order valence-electron chi connectivity index (χ3n) is 17.3. The Morgan fingerprint density at radius 3 is 0.676 bits per heavy atom. The van der Waals surface area contributed by atoms with Crippen molar-refractivity contribution in [3.05, 3.63) is 178 Å². The molecule has 0 nitrogen and oxygen atoms in total. The predicted molar refractivity (Wildman–Crippen MR) is 344 cm³/mol. The van der Waals surface area contributed by atoms with Crippen LogP contribution >= 0.6 is 15.8 Å².